The molecule has 0 saturated heterocycles. The van der Waals surface area contributed by atoms with Gasteiger partial charge in [-0.3, -0.25) is 0 Å². The Hall–Kier alpha value is -2.62. The normalized spacial score (nSPS) is 11.9. The van der Waals surface area contributed by atoms with Crippen LogP contribution in [-0.2, 0) is 0 Å². The maximum Gasteiger partial charge on any atom is 0.222 e. The molecule has 0 radical (unpaired) electrons. The predicted molar refractivity (Wildman–Crippen MR) is 87.8 cm³/mol. The zero-order valence-electron chi connectivity index (χ0n) is 12.4. The van der Waals surface area contributed by atoms with E-state index >= 15 is 0 Å². The van der Waals surface area contributed by atoms with Gasteiger partial charge in [0.1, 0.15) is 0 Å². The maximum absolute atomic E-state index is 4.44. The summed E-state index contributed by atoms with van der Waals surface area (Å²) in [5.74, 6) is 0.654. The topological polar surface area (TPSA) is 53.1 Å². The van der Waals surface area contributed by atoms with Gasteiger partial charge in [-0.15, -0.1) is 0 Å². The fourth-order valence-corrected chi connectivity index (χ4v) is 2.33. The minimum Gasteiger partial charge on any atom is -0.323 e. The second-order valence-corrected chi connectivity index (χ2v) is 5.23. The molecule has 0 fully saturated rings. The summed E-state index contributed by atoms with van der Waals surface area (Å²) in [6.45, 7) is 6.18. The van der Waals surface area contributed by atoms with E-state index in [0.717, 1.165) is 22.3 Å². The van der Waals surface area contributed by atoms with E-state index in [-0.39, 0.29) is 0 Å². The van der Waals surface area contributed by atoms with E-state index in [1.807, 2.05) is 31.2 Å². The van der Waals surface area contributed by atoms with Crippen molar-refractivity contribution in [3.8, 4) is 0 Å². The Bertz CT molecular complexity index is 782. The molecule has 3 rings (SSSR count). The van der Waals surface area contributed by atoms with Crippen LogP contribution in [0.1, 0.15) is 23.6 Å². The van der Waals surface area contributed by atoms with Crippen LogP contribution in [0.2, 0.25) is 0 Å². The van der Waals surface area contributed by atoms with Crippen molar-refractivity contribution in [1.29, 1.82) is 0 Å². The maximum atomic E-state index is 4.44. The van der Waals surface area contributed by atoms with Crippen molar-refractivity contribution in [2.45, 2.75) is 20.8 Å². The van der Waals surface area contributed by atoms with Crippen LogP contribution in [0, 0.1) is 13.8 Å². The molecule has 0 amide bonds. The van der Waals surface area contributed by atoms with Crippen molar-refractivity contribution in [3.63, 3.8) is 0 Å². The summed E-state index contributed by atoms with van der Waals surface area (Å²) in [6, 6.07) is 14.3. The van der Waals surface area contributed by atoms with Crippen LogP contribution < -0.4 is 5.43 Å². The van der Waals surface area contributed by atoms with E-state index < -0.39 is 0 Å². The Kier molecular flexibility index (Phi) is 3.44. The predicted octanol–water partition coefficient (Wildman–Crippen LogP) is 4.02. The molecule has 3 aromatic rings. The number of hydrazone groups is 1. The van der Waals surface area contributed by atoms with Crippen LogP contribution in [0.5, 0.6) is 0 Å². The summed E-state index contributed by atoms with van der Waals surface area (Å²) in [4.78, 5) is 7.64. The highest BCUT2D eigenvalue weighted by molar-refractivity contribution is 6.00. The van der Waals surface area contributed by atoms with E-state index in [1.54, 1.807) is 0 Å². The number of para-hydroxylation sites is 2. The van der Waals surface area contributed by atoms with Gasteiger partial charge in [0.2, 0.25) is 5.95 Å². The quantitative estimate of drug-likeness (QED) is 0.561. The molecule has 21 heavy (non-hydrogen) atoms. The Morgan fingerprint density at radius 1 is 1.14 bits per heavy atom. The van der Waals surface area contributed by atoms with Crippen LogP contribution in [0.4, 0.5) is 5.95 Å². The molecule has 4 nitrogen and oxygen atoms in total. The molecule has 2 aromatic carbocycles. The number of hydrogen-bond donors (Lipinski definition) is 2. The molecule has 1 heterocycles. The molecule has 1 aromatic heterocycles. The molecule has 0 spiro atoms. The van der Waals surface area contributed by atoms with Crippen LogP contribution in [0.25, 0.3) is 11.0 Å². The summed E-state index contributed by atoms with van der Waals surface area (Å²) in [5, 5.41) is 4.43. The van der Waals surface area contributed by atoms with Crippen LogP contribution in [0.15, 0.2) is 47.6 Å². The molecule has 0 aliphatic carbocycles. The van der Waals surface area contributed by atoms with Gasteiger partial charge in [0.25, 0.3) is 0 Å². The number of fused-ring (bicyclic) bond motifs is 1. The monoisotopic (exact) mass is 278 g/mol. The van der Waals surface area contributed by atoms with Gasteiger partial charge in [-0.25, -0.2) is 10.4 Å². The molecule has 4 heteroatoms. The van der Waals surface area contributed by atoms with Crippen LogP contribution in [0.3, 0.4) is 0 Å². The van der Waals surface area contributed by atoms with Gasteiger partial charge in [-0.05, 0) is 44.5 Å². The smallest absolute Gasteiger partial charge is 0.222 e. The first-order valence-corrected chi connectivity index (χ1v) is 6.96. The molecular weight excluding hydrogens is 260 g/mol. The molecule has 0 bridgehead atoms. The minimum atomic E-state index is 0.654. The molecule has 0 aliphatic rings. The number of imidazole rings is 1. The van der Waals surface area contributed by atoms with Gasteiger partial charge in [0, 0.05) is 5.56 Å². The number of aromatic amines is 1. The highest BCUT2D eigenvalue weighted by Crippen LogP contribution is 2.15. The summed E-state index contributed by atoms with van der Waals surface area (Å²) in [5.41, 5.74) is 9.47. The lowest BCUT2D eigenvalue weighted by Crippen LogP contribution is -2.03. The number of rotatable bonds is 3. The summed E-state index contributed by atoms with van der Waals surface area (Å²) in [6.07, 6.45) is 0. The standard InChI is InChI=1S/C17H18N4/c1-11-8-9-12(2)14(10-11)13(3)20-21-17-18-15-6-4-5-7-16(15)19-17/h4-10H,1-3H3,(H2,18,19,21)/b20-13-. The van der Waals surface area contributed by atoms with Crippen molar-refractivity contribution in [1.82, 2.24) is 9.97 Å². The van der Waals surface area contributed by atoms with Crippen molar-refractivity contribution < 1.29 is 0 Å². The summed E-state index contributed by atoms with van der Waals surface area (Å²) in [7, 11) is 0. The number of aryl methyl sites for hydroxylation is 2. The zero-order chi connectivity index (χ0) is 14.8. The molecule has 0 unspecified atom stereocenters. The third-order valence-corrected chi connectivity index (χ3v) is 3.50. The highest BCUT2D eigenvalue weighted by Gasteiger charge is 2.04. The van der Waals surface area contributed by atoms with E-state index in [9.17, 15) is 0 Å². The number of aromatic nitrogens is 2. The van der Waals surface area contributed by atoms with Gasteiger partial charge in [0.05, 0.1) is 16.7 Å². The Balaban J connectivity index is 1.86. The zero-order valence-corrected chi connectivity index (χ0v) is 12.4. The summed E-state index contributed by atoms with van der Waals surface area (Å²) >= 11 is 0. The molecule has 0 aliphatic heterocycles. The van der Waals surface area contributed by atoms with Crippen molar-refractivity contribution in [2.24, 2.45) is 5.10 Å². The van der Waals surface area contributed by atoms with Gasteiger partial charge in [0.15, 0.2) is 0 Å². The molecule has 106 valence electrons. The number of hydrogen-bond acceptors (Lipinski definition) is 3. The van der Waals surface area contributed by atoms with Gasteiger partial charge in [-0.1, -0.05) is 29.8 Å². The van der Waals surface area contributed by atoms with Gasteiger partial charge < -0.3 is 4.98 Å². The second kappa shape index (κ2) is 5.40. The number of benzene rings is 2. The summed E-state index contributed by atoms with van der Waals surface area (Å²) < 4.78 is 0. The van der Waals surface area contributed by atoms with Gasteiger partial charge >= 0.3 is 0 Å². The Labute approximate surface area is 123 Å². The average molecular weight is 278 g/mol. The lowest BCUT2D eigenvalue weighted by Gasteiger charge is -2.06. The van der Waals surface area contributed by atoms with E-state index in [0.29, 0.717) is 5.95 Å². The lowest BCUT2D eigenvalue weighted by atomic mass is 10.0. The molecule has 0 saturated carbocycles. The van der Waals surface area contributed by atoms with Gasteiger partial charge in [-0.2, -0.15) is 5.10 Å². The van der Waals surface area contributed by atoms with Crippen LogP contribution in [-0.4, -0.2) is 15.7 Å². The van der Waals surface area contributed by atoms with Crippen molar-refractivity contribution in [2.75, 3.05) is 5.43 Å². The molecule has 0 atom stereocenters. The number of H-pyrrole nitrogens is 1. The first-order valence-electron chi connectivity index (χ1n) is 6.96. The average Bonchev–Trinajstić information content (AvgIpc) is 2.90. The van der Waals surface area contributed by atoms with Crippen molar-refractivity contribution >= 4 is 22.7 Å². The van der Waals surface area contributed by atoms with Crippen LogP contribution >= 0.6 is 0 Å². The molecule has 2 N–H and O–H groups in total. The van der Waals surface area contributed by atoms with E-state index in [2.05, 4.69) is 52.5 Å². The van der Waals surface area contributed by atoms with E-state index in [4.69, 9.17) is 0 Å². The first-order chi connectivity index (χ1) is 10.1. The van der Waals surface area contributed by atoms with Crippen molar-refractivity contribution in [3.05, 3.63) is 59.2 Å². The number of nitrogens with one attached hydrogen (secondary N) is 2. The fourth-order valence-electron chi connectivity index (χ4n) is 2.33. The Morgan fingerprint density at radius 3 is 2.76 bits per heavy atom. The SMILES string of the molecule is C/C(=N/Nc1nc2ccccc2[nH]1)c1cc(C)ccc1C. The minimum absolute atomic E-state index is 0.654. The molecular formula is C17H18N4. The largest absolute Gasteiger partial charge is 0.323 e. The Morgan fingerprint density at radius 2 is 1.95 bits per heavy atom. The lowest BCUT2D eigenvalue weighted by molar-refractivity contribution is 1.20. The van der Waals surface area contributed by atoms with E-state index in [1.165, 1.54) is 11.1 Å². The first kappa shape index (κ1) is 13.4. The number of anilines is 1. The fraction of sp³-hybridized carbons (Fsp3) is 0.176. The highest BCUT2D eigenvalue weighted by atomic mass is 15.4. The second-order valence-electron chi connectivity index (χ2n) is 5.23. The number of nitrogens with zero attached hydrogens (tertiary/aromatic N) is 2. The third-order valence-electron chi connectivity index (χ3n) is 3.50. The third kappa shape index (κ3) is 2.79.